The molecule has 2 rings (SSSR count). The van der Waals surface area contributed by atoms with Crippen LogP contribution < -0.4 is 0 Å². The summed E-state index contributed by atoms with van der Waals surface area (Å²) < 4.78 is 6.21. The minimum atomic E-state index is -1.64. The summed E-state index contributed by atoms with van der Waals surface area (Å²) in [5.41, 5.74) is 2.18. The van der Waals surface area contributed by atoms with E-state index in [4.69, 9.17) is 9.41 Å². The van der Waals surface area contributed by atoms with Gasteiger partial charge in [0.05, 0.1) is 5.52 Å². The van der Waals surface area contributed by atoms with Crippen molar-refractivity contribution in [2.75, 3.05) is 6.61 Å². The molecule has 3 heteroatoms. The molecule has 2 nitrogen and oxygen atoms in total. The molecular formula is C17H25NOSi. The van der Waals surface area contributed by atoms with Gasteiger partial charge in [-0.15, -0.1) is 0 Å². The summed E-state index contributed by atoms with van der Waals surface area (Å²) in [5, 5.41) is 1.46. The Morgan fingerprint density at radius 1 is 1.05 bits per heavy atom. The van der Waals surface area contributed by atoms with E-state index in [9.17, 15) is 0 Å². The molecule has 0 aliphatic heterocycles. The van der Waals surface area contributed by atoms with Gasteiger partial charge in [0.2, 0.25) is 0 Å². The number of rotatable bonds is 4. The van der Waals surface area contributed by atoms with Gasteiger partial charge in [0.15, 0.2) is 8.32 Å². The molecule has 0 saturated heterocycles. The fraction of sp³-hybridized carbons (Fsp3) is 0.471. The van der Waals surface area contributed by atoms with Crippen molar-refractivity contribution in [3.05, 3.63) is 42.1 Å². The Morgan fingerprint density at radius 2 is 1.75 bits per heavy atom. The SMILES string of the molecule is CC(C)(C)[Si](C)(C)OCCc1ccc2ccccc2n1. The number of pyridine rings is 1. The van der Waals surface area contributed by atoms with E-state index in [1.807, 2.05) is 12.1 Å². The van der Waals surface area contributed by atoms with Crippen LogP contribution in [0.25, 0.3) is 10.9 Å². The van der Waals surface area contributed by atoms with Gasteiger partial charge < -0.3 is 4.43 Å². The number of benzene rings is 1. The number of hydrogen-bond acceptors (Lipinski definition) is 2. The molecule has 1 aromatic carbocycles. The van der Waals surface area contributed by atoms with Crippen LogP contribution in [0.4, 0.5) is 0 Å². The Kier molecular flexibility index (Phi) is 4.30. The molecule has 0 saturated carbocycles. The summed E-state index contributed by atoms with van der Waals surface area (Å²) in [6, 6.07) is 12.5. The van der Waals surface area contributed by atoms with Gasteiger partial charge >= 0.3 is 0 Å². The first-order valence-corrected chi connectivity index (χ1v) is 10.2. The maximum atomic E-state index is 6.21. The summed E-state index contributed by atoms with van der Waals surface area (Å²) >= 11 is 0. The summed E-state index contributed by atoms with van der Waals surface area (Å²) in [6.07, 6.45) is 0.886. The van der Waals surface area contributed by atoms with Crippen LogP contribution in [0.5, 0.6) is 0 Å². The Morgan fingerprint density at radius 3 is 2.45 bits per heavy atom. The van der Waals surface area contributed by atoms with Crippen molar-refractivity contribution >= 4 is 19.2 Å². The average molecular weight is 287 g/mol. The summed E-state index contributed by atoms with van der Waals surface area (Å²) in [6.45, 7) is 12.2. The van der Waals surface area contributed by atoms with Crippen molar-refractivity contribution in [2.24, 2.45) is 0 Å². The van der Waals surface area contributed by atoms with E-state index >= 15 is 0 Å². The highest BCUT2D eigenvalue weighted by Gasteiger charge is 2.36. The zero-order valence-corrected chi connectivity index (χ0v) is 14.2. The highest BCUT2D eigenvalue weighted by atomic mass is 28.4. The molecule has 0 aliphatic rings. The molecule has 0 N–H and O–H groups in total. The lowest BCUT2D eigenvalue weighted by molar-refractivity contribution is 0.291. The van der Waals surface area contributed by atoms with E-state index in [0.29, 0.717) is 0 Å². The molecule has 1 heterocycles. The van der Waals surface area contributed by atoms with Gasteiger partial charge in [-0.2, -0.15) is 0 Å². The minimum absolute atomic E-state index is 0.268. The normalized spacial score (nSPS) is 12.8. The van der Waals surface area contributed by atoms with Crippen LogP contribution in [0, 0.1) is 0 Å². The fourth-order valence-corrected chi connectivity index (χ4v) is 2.92. The molecule has 0 aliphatic carbocycles. The molecule has 20 heavy (non-hydrogen) atoms. The molecule has 0 amide bonds. The first-order valence-electron chi connectivity index (χ1n) is 7.28. The van der Waals surface area contributed by atoms with Crippen molar-refractivity contribution in [3.63, 3.8) is 0 Å². The summed E-state index contributed by atoms with van der Waals surface area (Å²) in [4.78, 5) is 4.69. The molecular weight excluding hydrogens is 262 g/mol. The minimum Gasteiger partial charge on any atom is -0.416 e. The Labute approximate surface area is 123 Å². The van der Waals surface area contributed by atoms with E-state index in [0.717, 1.165) is 24.2 Å². The van der Waals surface area contributed by atoms with Gasteiger partial charge in [-0.3, -0.25) is 4.98 Å². The third-order valence-corrected chi connectivity index (χ3v) is 8.82. The largest absolute Gasteiger partial charge is 0.416 e. The first-order chi connectivity index (χ1) is 9.29. The van der Waals surface area contributed by atoms with Crippen molar-refractivity contribution < 1.29 is 4.43 Å². The maximum Gasteiger partial charge on any atom is 0.191 e. The van der Waals surface area contributed by atoms with Crippen molar-refractivity contribution in [3.8, 4) is 0 Å². The lowest BCUT2D eigenvalue weighted by atomic mass is 10.2. The van der Waals surface area contributed by atoms with Crippen LogP contribution in [0.3, 0.4) is 0 Å². The highest BCUT2D eigenvalue weighted by Crippen LogP contribution is 2.36. The van der Waals surface area contributed by atoms with Gasteiger partial charge in [-0.25, -0.2) is 0 Å². The lowest BCUT2D eigenvalue weighted by Gasteiger charge is -2.36. The van der Waals surface area contributed by atoms with Gasteiger partial charge in [-0.1, -0.05) is 45.0 Å². The molecule has 0 radical (unpaired) electrons. The van der Waals surface area contributed by atoms with E-state index < -0.39 is 8.32 Å². The first kappa shape index (κ1) is 15.2. The Balaban J connectivity index is 2.00. The standard InChI is InChI=1S/C17H25NOSi/c1-17(2,3)20(4,5)19-13-12-15-11-10-14-8-6-7-9-16(14)18-15/h6-11H,12-13H2,1-5H3. The predicted molar refractivity (Wildman–Crippen MR) is 88.6 cm³/mol. The third-order valence-electron chi connectivity index (χ3n) is 4.28. The Hall–Kier alpha value is -1.19. The topological polar surface area (TPSA) is 22.1 Å². The van der Waals surface area contributed by atoms with E-state index in [2.05, 4.69) is 58.1 Å². The average Bonchev–Trinajstić information content (AvgIpc) is 2.37. The second kappa shape index (κ2) is 5.66. The number of hydrogen-bond donors (Lipinski definition) is 0. The highest BCUT2D eigenvalue weighted by molar-refractivity contribution is 6.74. The van der Waals surface area contributed by atoms with Gasteiger partial charge in [0.25, 0.3) is 0 Å². The van der Waals surface area contributed by atoms with Gasteiger partial charge in [0.1, 0.15) is 0 Å². The molecule has 0 atom stereocenters. The monoisotopic (exact) mass is 287 g/mol. The number of aromatic nitrogens is 1. The zero-order chi connectivity index (χ0) is 14.8. The Bertz CT molecular complexity index is 587. The summed E-state index contributed by atoms with van der Waals surface area (Å²) in [5.74, 6) is 0. The van der Waals surface area contributed by atoms with Crippen LogP contribution >= 0.6 is 0 Å². The molecule has 0 unspecified atom stereocenters. The van der Waals surface area contributed by atoms with E-state index in [1.54, 1.807) is 0 Å². The van der Waals surface area contributed by atoms with Crippen LogP contribution in [0.2, 0.25) is 18.1 Å². The third kappa shape index (κ3) is 3.47. The van der Waals surface area contributed by atoms with Gasteiger partial charge in [-0.05, 0) is 30.3 Å². The van der Waals surface area contributed by atoms with Crippen LogP contribution in [-0.4, -0.2) is 19.9 Å². The second-order valence-electron chi connectivity index (χ2n) is 6.85. The fourth-order valence-electron chi connectivity index (χ4n) is 1.87. The molecule has 1 aromatic heterocycles. The van der Waals surface area contributed by atoms with E-state index in [-0.39, 0.29) is 5.04 Å². The van der Waals surface area contributed by atoms with Crippen molar-refractivity contribution in [2.45, 2.75) is 45.3 Å². The number of nitrogens with zero attached hydrogens (tertiary/aromatic N) is 1. The lowest BCUT2D eigenvalue weighted by Crippen LogP contribution is -2.41. The molecule has 2 aromatic rings. The van der Waals surface area contributed by atoms with Crippen LogP contribution in [0.1, 0.15) is 26.5 Å². The van der Waals surface area contributed by atoms with Crippen LogP contribution in [0.15, 0.2) is 36.4 Å². The number of fused-ring (bicyclic) bond motifs is 1. The second-order valence-corrected chi connectivity index (χ2v) is 11.7. The van der Waals surface area contributed by atoms with Gasteiger partial charge in [0, 0.05) is 24.1 Å². The molecule has 108 valence electrons. The maximum absolute atomic E-state index is 6.21. The van der Waals surface area contributed by atoms with Crippen molar-refractivity contribution in [1.82, 2.24) is 4.98 Å². The molecule has 0 bridgehead atoms. The number of para-hydroxylation sites is 1. The van der Waals surface area contributed by atoms with Crippen molar-refractivity contribution in [1.29, 1.82) is 0 Å². The van der Waals surface area contributed by atoms with E-state index in [1.165, 1.54) is 5.39 Å². The summed E-state index contributed by atoms with van der Waals surface area (Å²) in [7, 11) is -1.64. The zero-order valence-electron chi connectivity index (χ0n) is 13.2. The molecule has 0 fully saturated rings. The quantitative estimate of drug-likeness (QED) is 0.754. The molecule has 0 spiro atoms. The predicted octanol–water partition coefficient (Wildman–Crippen LogP) is 4.80. The van der Waals surface area contributed by atoms with Crippen LogP contribution in [-0.2, 0) is 10.8 Å². The smallest absolute Gasteiger partial charge is 0.191 e.